The Bertz CT molecular complexity index is 304. The molecule has 1 aromatic carbocycles. The average Bonchev–Trinajstić information content (AvgIpc) is 2.04. The molecule has 1 rings (SSSR count). The van der Waals surface area contributed by atoms with Crippen LogP contribution in [-0.4, -0.2) is 22.9 Å². The van der Waals surface area contributed by atoms with E-state index in [0.29, 0.717) is 0 Å². The SMILES string of the molecule is NCOC(=O)c1c(O)cccc1O. The number of carbonyl (C=O) groups is 1. The molecule has 0 amide bonds. The zero-order chi connectivity index (χ0) is 9.84. The van der Waals surface area contributed by atoms with Gasteiger partial charge in [-0.15, -0.1) is 0 Å². The summed E-state index contributed by atoms with van der Waals surface area (Å²) in [6, 6.07) is 3.95. The van der Waals surface area contributed by atoms with Gasteiger partial charge in [-0.05, 0) is 12.1 Å². The zero-order valence-electron chi connectivity index (χ0n) is 6.73. The predicted molar refractivity (Wildman–Crippen MR) is 44.2 cm³/mol. The molecule has 0 aromatic heterocycles. The van der Waals surface area contributed by atoms with Crippen molar-refractivity contribution in [2.24, 2.45) is 5.73 Å². The molecule has 0 saturated heterocycles. The van der Waals surface area contributed by atoms with Crippen molar-refractivity contribution in [3.05, 3.63) is 23.8 Å². The number of hydrogen-bond acceptors (Lipinski definition) is 5. The molecule has 0 unspecified atom stereocenters. The minimum Gasteiger partial charge on any atom is -0.507 e. The molecule has 0 bridgehead atoms. The van der Waals surface area contributed by atoms with E-state index >= 15 is 0 Å². The third kappa shape index (κ3) is 1.88. The Labute approximate surface area is 74.4 Å². The summed E-state index contributed by atoms with van der Waals surface area (Å²) in [4.78, 5) is 11.1. The number of benzene rings is 1. The third-order valence-electron chi connectivity index (χ3n) is 1.44. The molecular formula is C8H9NO4. The van der Waals surface area contributed by atoms with Crippen molar-refractivity contribution in [2.45, 2.75) is 0 Å². The van der Waals surface area contributed by atoms with Gasteiger partial charge in [0.2, 0.25) is 0 Å². The Morgan fingerprint density at radius 3 is 2.38 bits per heavy atom. The number of nitrogens with two attached hydrogens (primary N) is 1. The lowest BCUT2D eigenvalue weighted by molar-refractivity contribution is 0.0508. The third-order valence-corrected chi connectivity index (χ3v) is 1.44. The fourth-order valence-electron chi connectivity index (χ4n) is 0.885. The summed E-state index contributed by atoms with van der Waals surface area (Å²) in [5.41, 5.74) is 4.69. The summed E-state index contributed by atoms with van der Waals surface area (Å²) in [5, 5.41) is 18.4. The fraction of sp³-hybridized carbons (Fsp3) is 0.125. The van der Waals surface area contributed by atoms with Gasteiger partial charge in [-0.2, -0.15) is 0 Å². The Kier molecular flexibility index (Phi) is 2.71. The summed E-state index contributed by atoms with van der Waals surface area (Å²) in [5.74, 6) is -1.52. The van der Waals surface area contributed by atoms with E-state index in [9.17, 15) is 15.0 Å². The summed E-state index contributed by atoms with van der Waals surface area (Å²) in [7, 11) is 0. The van der Waals surface area contributed by atoms with Crippen LogP contribution in [0.4, 0.5) is 0 Å². The molecule has 4 N–H and O–H groups in total. The summed E-state index contributed by atoms with van der Waals surface area (Å²) >= 11 is 0. The van der Waals surface area contributed by atoms with E-state index in [-0.39, 0.29) is 23.8 Å². The Balaban J connectivity index is 3.05. The average molecular weight is 183 g/mol. The van der Waals surface area contributed by atoms with Gasteiger partial charge >= 0.3 is 5.97 Å². The topological polar surface area (TPSA) is 92.8 Å². The first kappa shape index (κ1) is 9.34. The second-order valence-corrected chi connectivity index (χ2v) is 2.27. The van der Waals surface area contributed by atoms with Crippen LogP contribution in [0.3, 0.4) is 0 Å². The number of aromatic hydroxyl groups is 2. The first-order chi connectivity index (χ1) is 6.16. The normalized spacial score (nSPS) is 9.62. The minimum atomic E-state index is -0.849. The van der Waals surface area contributed by atoms with Crippen molar-refractivity contribution in [3.63, 3.8) is 0 Å². The number of phenols is 2. The van der Waals surface area contributed by atoms with E-state index in [1.54, 1.807) is 0 Å². The van der Waals surface area contributed by atoms with Crippen LogP contribution in [0.2, 0.25) is 0 Å². The van der Waals surface area contributed by atoms with Crippen LogP contribution >= 0.6 is 0 Å². The van der Waals surface area contributed by atoms with Crippen LogP contribution in [0.1, 0.15) is 10.4 Å². The number of esters is 1. The highest BCUT2D eigenvalue weighted by molar-refractivity contribution is 5.95. The van der Waals surface area contributed by atoms with Crippen molar-refractivity contribution in [1.82, 2.24) is 0 Å². The molecule has 5 heteroatoms. The fourth-order valence-corrected chi connectivity index (χ4v) is 0.885. The molecule has 0 aliphatic heterocycles. The van der Waals surface area contributed by atoms with Gasteiger partial charge in [0.05, 0.1) is 0 Å². The maximum absolute atomic E-state index is 11.1. The van der Waals surface area contributed by atoms with E-state index in [0.717, 1.165) is 0 Å². The van der Waals surface area contributed by atoms with Crippen LogP contribution in [0.25, 0.3) is 0 Å². The van der Waals surface area contributed by atoms with Gasteiger partial charge in [-0.1, -0.05) is 6.07 Å². The first-order valence-corrected chi connectivity index (χ1v) is 3.55. The number of carbonyl (C=O) groups excluding carboxylic acids is 1. The lowest BCUT2D eigenvalue weighted by Gasteiger charge is -2.05. The molecule has 0 saturated carbocycles. The van der Waals surface area contributed by atoms with Crippen molar-refractivity contribution in [2.75, 3.05) is 6.73 Å². The molecule has 0 spiro atoms. The molecule has 5 nitrogen and oxygen atoms in total. The molecule has 0 atom stereocenters. The molecule has 0 heterocycles. The maximum Gasteiger partial charge on any atom is 0.347 e. The monoisotopic (exact) mass is 183 g/mol. The van der Waals surface area contributed by atoms with Gasteiger partial charge in [-0.25, -0.2) is 4.79 Å². The van der Waals surface area contributed by atoms with Crippen LogP contribution in [0.5, 0.6) is 11.5 Å². The van der Waals surface area contributed by atoms with Crippen molar-refractivity contribution < 1.29 is 19.7 Å². The van der Waals surface area contributed by atoms with E-state index in [1.807, 2.05) is 0 Å². The molecular weight excluding hydrogens is 174 g/mol. The van der Waals surface area contributed by atoms with Gasteiger partial charge < -0.3 is 14.9 Å². The molecule has 0 aliphatic rings. The highest BCUT2D eigenvalue weighted by Gasteiger charge is 2.16. The molecule has 13 heavy (non-hydrogen) atoms. The van der Waals surface area contributed by atoms with Crippen molar-refractivity contribution in [3.8, 4) is 11.5 Å². The summed E-state index contributed by atoms with van der Waals surface area (Å²) in [6.07, 6.45) is 0. The van der Waals surface area contributed by atoms with Crippen molar-refractivity contribution >= 4 is 5.97 Å². The van der Waals surface area contributed by atoms with Crippen molar-refractivity contribution in [1.29, 1.82) is 0 Å². The number of phenolic OH excluding ortho intramolecular Hbond substituents is 2. The Morgan fingerprint density at radius 1 is 1.38 bits per heavy atom. The Morgan fingerprint density at radius 2 is 1.92 bits per heavy atom. The second-order valence-electron chi connectivity index (χ2n) is 2.27. The smallest absolute Gasteiger partial charge is 0.347 e. The molecule has 0 radical (unpaired) electrons. The first-order valence-electron chi connectivity index (χ1n) is 3.55. The minimum absolute atomic E-state index is 0.270. The van der Waals surface area contributed by atoms with Gasteiger partial charge in [0, 0.05) is 0 Å². The van der Waals surface area contributed by atoms with Crippen LogP contribution in [0, 0.1) is 0 Å². The lowest BCUT2D eigenvalue weighted by atomic mass is 10.2. The largest absolute Gasteiger partial charge is 0.507 e. The zero-order valence-corrected chi connectivity index (χ0v) is 6.73. The van der Waals surface area contributed by atoms with E-state index in [1.165, 1.54) is 18.2 Å². The molecule has 0 aliphatic carbocycles. The van der Waals surface area contributed by atoms with Gasteiger partial charge in [0.1, 0.15) is 23.8 Å². The number of ether oxygens (including phenoxy) is 1. The highest BCUT2D eigenvalue weighted by Crippen LogP contribution is 2.26. The quantitative estimate of drug-likeness (QED) is 0.449. The van der Waals surface area contributed by atoms with Crippen LogP contribution < -0.4 is 5.73 Å². The summed E-state index contributed by atoms with van der Waals surface area (Å²) in [6.45, 7) is -0.299. The van der Waals surface area contributed by atoms with E-state index < -0.39 is 5.97 Å². The van der Waals surface area contributed by atoms with Crippen LogP contribution in [0.15, 0.2) is 18.2 Å². The lowest BCUT2D eigenvalue weighted by Crippen LogP contribution is -2.12. The molecule has 1 aromatic rings. The second kappa shape index (κ2) is 3.77. The highest BCUT2D eigenvalue weighted by atomic mass is 16.5. The molecule has 0 fully saturated rings. The number of rotatable bonds is 2. The van der Waals surface area contributed by atoms with Crippen LogP contribution in [-0.2, 0) is 4.74 Å². The van der Waals surface area contributed by atoms with E-state index in [4.69, 9.17) is 5.73 Å². The van der Waals surface area contributed by atoms with Gasteiger partial charge in [0.25, 0.3) is 0 Å². The summed E-state index contributed by atoms with van der Waals surface area (Å²) < 4.78 is 4.41. The van der Waals surface area contributed by atoms with E-state index in [2.05, 4.69) is 4.74 Å². The van der Waals surface area contributed by atoms with Gasteiger partial charge in [0.15, 0.2) is 0 Å². The Hall–Kier alpha value is -1.75. The van der Waals surface area contributed by atoms with Gasteiger partial charge in [-0.3, -0.25) is 5.73 Å². The maximum atomic E-state index is 11.1. The predicted octanol–water partition coefficient (Wildman–Crippen LogP) is 0.171. The standard InChI is InChI=1S/C8H9NO4/c9-4-13-8(12)7-5(10)2-1-3-6(7)11/h1-3,10-11H,4,9H2. The number of hydrogen-bond donors (Lipinski definition) is 3. The molecule has 70 valence electrons.